The van der Waals surface area contributed by atoms with E-state index in [-0.39, 0.29) is 5.56 Å². The summed E-state index contributed by atoms with van der Waals surface area (Å²) in [5, 5.41) is 4.29. The van der Waals surface area contributed by atoms with Gasteiger partial charge in [-0.2, -0.15) is 0 Å². The van der Waals surface area contributed by atoms with Crippen LogP contribution >= 0.6 is 34.7 Å². The first-order valence-electron chi connectivity index (χ1n) is 7.95. The van der Waals surface area contributed by atoms with Crippen molar-refractivity contribution in [3.05, 3.63) is 45.0 Å². The van der Waals surface area contributed by atoms with Gasteiger partial charge in [0.05, 0.1) is 18.5 Å². The van der Waals surface area contributed by atoms with Crippen LogP contribution in [0.5, 0.6) is 0 Å². The highest BCUT2D eigenvalue weighted by molar-refractivity contribution is 7.99. The zero-order valence-corrected chi connectivity index (χ0v) is 16.7. The van der Waals surface area contributed by atoms with E-state index in [0.717, 1.165) is 21.1 Å². The van der Waals surface area contributed by atoms with Crippen LogP contribution in [0.3, 0.4) is 0 Å². The molecule has 0 aliphatic rings. The number of ether oxygens (including phenoxy) is 1. The average Bonchev–Trinajstić information content (AvgIpc) is 2.98. The molecule has 0 radical (unpaired) electrons. The number of nitrogens with zero attached hydrogens (tertiary/aromatic N) is 2. The van der Waals surface area contributed by atoms with E-state index in [4.69, 9.17) is 21.3 Å². The van der Waals surface area contributed by atoms with E-state index >= 15 is 0 Å². The van der Waals surface area contributed by atoms with Gasteiger partial charge in [-0.15, -0.1) is 11.3 Å². The smallest absolute Gasteiger partial charge is 0.263 e. The van der Waals surface area contributed by atoms with Crippen LogP contribution in [-0.4, -0.2) is 28.5 Å². The normalized spacial score (nSPS) is 11.6. The Morgan fingerprint density at radius 3 is 2.76 bits per heavy atom. The van der Waals surface area contributed by atoms with Crippen LogP contribution in [-0.2, 0) is 11.3 Å². The molecule has 7 heteroatoms. The minimum atomic E-state index is -0.0404. The first-order chi connectivity index (χ1) is 12.0. The molecule has 25 heavy (non-hydrogen) atoms. The lowest BCUT2D eigenvalue weighted by Crippen LogP contribution is -2.25. The standard InChI is InChI=1S/C18H19ClN2O2S2/c1-11(2)25-18-20-16-15(17(22)21(18)8-9-23-3)13(10-24-16)12-6-4-5-7-14(12)19/h4-7,10-11H,8-9H2,1-3H3. The van der Waals surface area contributed by atoms with E-state index in [1.807, 2.05) is 29.6 Å². The molecule has 0 aliphatic carbocycles. The second-order valence-electron chi connectivity index (χ2n) is 5.82. The van der Waals surface area contributed by atoms with Crippen LogP contribution in [0.25, 0.3) is 21.3 Å². The number of halogens is 1. The van der Waals surface area contributed by atoms with Crippen LogP contribution in [0.2, 0.25) is 5.02 Å². The third-order valence-electron chi connectivity index (χ3n) is 3.68. The molecule has 0 unspecified atom stereocenters. The highest BCUT2D eigenvalue weighted by Gasteiger charge is 2.19. The summed E-state index contributed by atoms with van der Waals surface area (Å²) in [5.74, 6) is 0. The molecule has 2 aromatic heterocycles. The minimum Gasteiger partial charge on any atom is -0.383 e. The topological polar surface area (TPSA) is 44.1 Å². The lowest BCUT2D eigenvalue weighted by Gasteiger charge is -2.13. The first kappa shape index (κ1) is 18.5. The fraction of sp³-hybridized carbons (Fsp3) is 0.333. The van der Waals surface area contributed by atoms with Crippen LogP contribution in [0.15, 0.2) is 39.6 Å². The molecule has 0 amide bonds. The van der Waals surface area contributed by atoms with Crippen LogP contribution < -0.4 is 5.56 Å². The van der Waals surface area contributed by atoms with Crippen molar-refractivity contribution in [2.75, 3.05) is 13.7 Å². The first-order valence-corrected chi connectivity index (χ1v) is 10.1. The van der Waals surface area contributed by atoms with Gasteiger partial charge in [-0.3, -0.25) is 9.36 Å². The van der Waals surface area contributed by atoms with Gasteiger partial charge in [-0.05, 0) is 6.07 Å². The summed E-state index contributed by atoms with van der Waals surface area (Å²) < 4.78 is 6.88. The highest BCUT2D eigenvalue weighted by atomic mass is 35.5. The third kappa shape index (κ3) is 3.77. The Labute approximate surface area is 159 Å². The Kier molecular flexibility index (Phi) is 5.84. The fourth-order valence-electron chi connectivity index (χ4n) is 2.56. The molecule has 0 spiro atoms. The van der Waals surface area contributed by atoms with Crippen molar-refractivity contribution in [2.45, 2.75) is 30.8 Å². The molecule has 1 aromatic carbocycles. The second-order valence-corrected chi connectivity index (χ2v) is 8.63. The number of hydrogen-bond acceptors (Lipinski definition) is 5. The molecule has 0 atom stereocenters. The highest BCUT2D eigenvalue weighted by Crippen LogP contribution is 2.36. The molecule has 2 heterocycles. The van der Waals surface area contributed by atoms with Gasteiger partial charge in [-0.25, -0.2) is 4.98 Å². The van der Waals surface area contributed by atoms with Crippen molar-refractivity contribution >= 4 is 44.9 Å². The number of thioether (sulfide) groups is 1. The molecule has 4 nitrogen and oxygen atoms in total. The Morgan fingerprint density at radius 1 is 1.32 bits per heavy atom. The molecule has 0 N–H and O–H groups in total. The Balaban J connectivity index is 2.24. The number of rotatable bonds is 6. The van der Waals surface area contributed by atoms with E-state index in [2.05, 4.69) is 13.8 Å². The van der Waals surface area contributed by atoms with Crippen molar-refractivity contribution in [2.24, 2.45) is 0 Å². The van der Waals surface area contributed by atoms with Crippen molar-refractivity contribution in [3.63, 3.8) is 0 Å². The summed E-state index contributed by atoms with van der Waals surface area (Å²) in [6.45, 7) is 5.12. The number of benzene rings is 1. The van der Waals surface area contributed by atoms with Crippen molar-refractivity contribution < 1.29 is 4.74 Å². The van der Waals surface area contributed by atoms with E-state index in [1.165, 1.54) is 11.3 Å². The summed E-state index contributed by atoms with van der Waals surface area (Å²) in [6, 6.07) is 7.57. The number of aromatic nitrogens is 2. The molecule has 0 saturated carbocycles. The number of fused-ring (bicyclic) bond motifs is 1. The Bertz CT molecular complexity index is 950. The predicted octanol–water partition coefficient (Wildman–Crippen LogP) is 4.93. The second kappa shape index (κ2) is 7.91. The summed E-state index contributed by atoms with van der Waals surface area (Å²) >= 11 is 9.41. The van der Waals surface area contributed by atoms with Gasteiger partial charge < -0.3 is 4.74 Å². The van der Waals surface area contributed by atoms with Crippen LogP contribution in [0, 0.1) is 0 Å². The molecule has 132 valence electrons. The molecule has 0 bridgehead atoms. The largest absolute Gasteiger partial charge is 0.383 e. The van der Waals surface area contributed by atoms with Gasteiger partial charge in [0.2, 0.25) is 0 Å². The maximum Gasteiger partial charge on any atom is 0.263 e. The molecular weight excluding hydrogens is 376 g/mol. The molecule has 0 saturated heterocycles. The number of hydrogen-bond donors (Lipinski definition) is 0. The molecule has 0 fully saturated rings. The van der Waals surface area contributed by atoms with Crippen molar-refractivity contribution in [1.29, 1.82) is 0 Å². The van der Waals surface area contributed by atoms with Crippen molar-refractivity contribution in [3.8, 4) is 11.1 Å². The van der Waals surface area contributed by atoms with Gasteiger partial charge in [0.1, 0.15) is 4.83 Å². The predicted molar refractivity (Wildman–Crippen MR) is 107 cm³/mol. The summed E-state index contributed by atoms with van der Waals surface area (Å²) in [7, 11) is 1.63. The lowest BCUT2D eigenvalue weighted by atomic mass is 10.1. The Morgan fingerprint density at radius 2 is 2.08 bits per heavy atom. The molecule has 0 aliphatic heterocycles. The van der Waals surface area contributed by atoms with E-state index in [0.29, 0.717) is 28.8 Å². The monoisotopic (exact) mass is 394 g/mol. The maximum absolute atomic E-state index is 13.2. The Hall–Kier alpha value is -1.34. The molecule has 3 rings (SSSR count). The number of thiophene rings is 1. The summed E-state index contributed by atoms with van der Waals surface area (Å²) in [6.07, 6.45) is 0. The van der Waals surface area contributed by atoms with Crippen LogP contribution in [0.4, 0.5) is 0 Å². The molecule has 3 aromatic rings. The van der Waals surface area contributed by atoms with Gasteiger partial charge in [0.25, 0.3) is 5.56 Å². The lowest BCUT2D eigenvalue weighted by molar-refractivity contribution is 0.183. The minimum absolute atomic E-state index is 0.0404. The van der Waals surface area contributed by atoms with Crippen molar-refractivity contribution in [1.82, 2.24) is 9.55 Å². The summed E-state index contributed by atoms with van der Waals surface area (Å²) in [5.41, 5.74) is 1.66. The molecular formula is C18H19ClN2O2S2. The van der Waals surface area contributed by atoms with E-state index in [9.17, 15) is 4.79 Å². The van der Waals surface area contributed by atoms with E-state index < -0.39 is 0 Å². The summed E-state index contributed by atoms with van der Waals surface area (Å²) in [4.78, 5) is 18.7. The maximum atomic E-state index is 13.2. The van der Waals surface area contributed by atoms with Gasteiger partial charge >= 0.3 is 0 Å². The number of methoxy groups -OCH3 is 1. The van der Waals surface area contributed by atoms with Gasteiger partial charge in [0, 0.05) is 33.9 Å². The van der Waals surface area contributed by atoms with Crippen LogP contribution in [0.1, 0.15) is 13.8 Å². The van der Waals surface area contributed by atoms with E-state index in [1.54, 1.807) is 23.4 Å². The SMILES string of the molecule is COCCn1c(SC(C)C)nc2scc(-c3ccccc3Cl)c2c1=O. The quantitative estimate of drug-likeness (QED) is 0.439. The third-order valence-corrected chi connectivity index (χ3v) is 5.88. The van der Waals surface area contributed by atoms with Gasteiger partial charge in [-0.1, -0.05) is 55.4 Å². The fourth-order valence-corrected chi connectivity index (χ4v) is 4.66. The zero-order chi connectivity index (χ0) is 18.0. The zero-order valence-electron chi connectivity index (χ0n) is 14.3. The van der Waals surface area contributed by atoms with Gasteiger partial charge in [0.15, 0.2) is 5.16 Å². The average molecular weight is 395 g/mol.